The van der Waals surface area contributed by atoms with Crippen molar-refractivity contribution < 1.29 is 9.66 Å². The number of nitro groups is 1. The maximum Gasteiger partial charge on any atom is 0.276 e. The first-order chi connectivity index (χ1) is 9.99. The monoisotopic (exact) mass is 294 g/mol. The summed E-state index contributed by atoms with van der Waals surface area (Å²) in [5.74, 6) is 1.18. The van der Waals surface area contributed by atoms with Gasteiger partial charge in [-0.05, 0) is 20.3 Å². The van der Waals surface area contributed by atoms with Gasteiger partial charge in [0.15, 0.2) is 0 Å². The predicted octanol–water partition coefficient (Wildman–Crippen LogP) is 2.43. The lowest BCUT2D eigenvalue weighted by molar-refractivity contribution is -0.384. The molecule has 7 heteroatoms. The standard InChI is InChI=1S/C14H22N4O3/c1-4-5-15-13-6-12(18(19)20)7-14(16-13)17-8-10(2)21-11(3)9-17/h6-7,10-11H,4-5,8-9H2,1-3H3,(H,15,16). The number of nitrogens with one attached hydrogen (secondary N) is 1. The van der Waals surface area contributed by atoms with Gasteiger partial charge in [-0.2, -0.15) is 0 Å². The van der Waals surface area contributed by atoms with Gasteiger partial charge in [-0.1, -0.05) is 6.92 Å². The van der Waals surface area contributed by atoms with E-state index in [9.17, 15) is 10.1 Å². The van der Waals surface area contributed by atoms with E-state index in [1.807, 2.05) is 25.7 Å². The van der Waals surface area contributed by atoms with Crippen molar-refractivity contribution in [1.82, 2.24) is 4.98 Å². The van der Waals surface area contributed by atoms with Gasteiger partial charge in [0, 0.05) is 19.6 Å². The first-order valence-corrected chi connectivity index (χ1v) is 7.30. The molecule has 1 aliphatic rings. The fourth-order valence-corrected chi connectivity index (χ4v) is 2.48. The molecule has 21 heavy (non-hydrogen) atoms. The Bertz CT molecular complexity index is 499. The highest BCUT2D eigenvalue weighted by Gasteiger charge is 2.25. The second-order valence-electron chi connectivity index (χ2n) is 5.41. The summed E-state index contributed by atoms with van der Waals surface area (Å²) in [5, 5.41) is 14.2. The van der Waals surface area contributed by atoms with Crippen molar-refractivity contribution in [3.05, 3.63) is 22.2 Å². The summed E-state index contributed by atoms with van der Waals surface area (Å²) in [6, 6.07) is 3.01. The third-order valence-electron chi connectivity index (χ3n) is 3.31. The zero-order chi connectivity index (χ0) is 15.4. The molecule has 116 valence electrons. The van der Waals surface area contributed by atoms with Gasteiger partial charge < -0.3 is 15.0 Å². The van der Waals surface area contributed by atoms with E-state index in [4.69, 9.17) is 4.74 Å². The maximum atomic E-state index is 11.1. The molecule has 2 unspecified atom stereocenters. The van der Waals surface area contributed by atoms with E-state index in [0.29, 0.717) is 24.7 Å². The quantitative estimate of drug-likeness (QED) is 0.663. The van der Waals surface area contributed by atoms with Gasteiger partial charge in [-0.15, -0.1) is 0 Å². The molecular formula is C14H22N4O3. The van der Waals surface area contributed by atoms with E-state index in [1.165, 1.54) is 12.1 Å². The van der Waals surface area contributed by atoms with E-state index in [0.717, 1.165) is 13.0 Å². The van der Waals surface area contributed by atoms with Crippen molar-refractivity contribution in [3.8, 4) is 0 Å². The van der Waals surface area contributed by atoms with Crippen LogP contribution in [0, 0.1) is 10.1 Å². The number of aromatic nitrogens is 1. The van der Waals surface area contributed by atoms with Crippen LogP contribution in [0.2, 0.25) is 0 Å². The summed E-state index contributed by atoms with van der Waals surface area (Å²) in [6.45, 7) is 8.14. The average molecular weight is 294 g/mol. The normalized spacial score (nSPS) is 22.1. The molecule has 0 amide bonds. The van der Waals surface area contributed by atoms with Crippen LogP contribution in [-0.2, 0) is 4.74 Å². The summed E-state index contributed by atoms with van der Waals surface area (Å²) < 4.78 is 5.69. The third-order valence-corrected chi connectivity index (χ3v) is 3.31. The molecule has 1 N–H and O–H groups in total. The van der Waals surface area contributed by atoms with E-state index in [2.05, 4.69) is 10.3 Å². The fourth-order valence-electron chi connectivity index (χ4n) is 2.48. The Labute approximate surface area is 124 Å². The molecule has 1 aliphatic heterocycles. The molecule has 0 aliphatic carbocycles. The molecule has 0 aromatic carbocycles. The molecule has 2 rings (SSSR count). The number of pyridine rings is 1. The molecule has 1 saturated heterocycles. The van der Waals surface area contributed by atoms with Crippen LogP contribution >= 0.6 is 0 Å². The molecule has 7 nitrogen and oxygen atoms in total. The fraction of sp³-hybridized carbons (Fsp3) is 0.643. The van der Waals surface area contributed by atoms with Gasteiger partial charge in [-0.3, -0.25) is 10.1 Å². The highest BCUT2D eigenvalue weighted by atomic mass is 16.6. The molecule has 1 aromatic rings. The largest absolute Gasteiger partial charge is 0.372 e. The number of anilines is 2. The lowest BCUT2D eigenvalue weighted by atomic mass is 10.2. The highest BCUT2D eigenvalue weighted by Crippen LogP contribution is 2.25. The molecule has 0 saturated carbocycles. The zero-order valence-corrected chi connectivity index (χ0v) is 12.7. The van der Waals surface area contributed by atoms with Crippen molar-refractivity contribution >= 4 is 17.3 Å². The zero-order valence-electron chi connectivity index (χ0n) is 12.7. The molecule has 0 bridgehead atoms. The molecule has 1 aromatic heterocycles. The Morgan fingerprint density at radius 3 is 2.67 bits per heavy atom. The smallest absolute Gasteiger partial charge is 0.276 e. The molecule has 1 fully saturated rings. The summed E-state index contributed by atoms with van der Waals surface area (Å²) in [5.41, 5.74) is 0.0606. The average Bonchev–Trinajstić information content (AvgIpc) is 2.43. The SMILES string of the molecule is CCCNc1cc([N+](=O)[O-])cc(N2CC(C)OC(C)C2)n1. The molecule has 2 heterocycles. The van der Waals surface area contributed by atoms with Crippen LogP contribution in [0.3, 0.4) is 0 Å². The number of rotatable bonds is 5. The van der Waals surface area contributed by atoms with Crippen LogP contribution in [-0.4, -0.2) is 41.7 Å². The number of ether oxygens (including phenoxy) is 1. The molecule has 0 radical (unpaired) electrons. The van der Waals surface area contributed by atoms with Crippen molar-refractivity contribution in [3.63, 3.8) is 0 Å². The minimum atomic E-state index is -0.379. The molecule has 0 spiro atoms. The summed E-state index contributed by atoms with van der Waals surface area (Å²) in [6.07, 6.45) is 1.11. The van der Waals surface area contributed by atoms with Gasteiger partial charge in [-0.25, -0.2) is 4.98 Å². The van der Waals surface area contributed by atoms with Crippen LogP contribution in [0.25, 0.3) is 0 Å². The minimum absolute atomic E-state index is 0.0606. The van der Waals surface area contributed by atoms with Crippen molar-refractivity contribution in [2.45, 2.75) is 39.4 Å². The number of nitrogens with zero attached hydrogens (tertiary/aromatic N) is 3. The lowest BCUT2D eigenvalue weighted by Gasteiger charge is -2.36. The Balaban J connectivity index is 2.28. The minimum Gasteiger partial charge on any atom is -0.372 e. The van der Waals surface area contributed by atoms with Gasteiger partial charge in [0.1, 0.15) is 11.6 Å². The highest BCUT2D eigenvalue weighted by molar-refractivity contribution is 5.56. The van der Waals surface area contributed by atoms with Crippen molar-refractivity contribution in [2.24, 2.45) is 0 Å². The van der Waals surface area contributed by atoms with Crippen LogP contribution in [0.15, 0.2) is 12.1 Å². The van der Waals surface area contributed by atoms with Gasteiger partial charge in [0.05, 0.1) is 29.3 Å². The predicted molar refractivity (Wildman–Crippen MR) is 81.9 cm³/mol. The van der Waals surface area contributed by atoms with Crippen LogP contribution in [0.1, 0.15) is 27.2 Å². The Morgan fingerprint density at radius 2 is 2.10 bits per heavy atom. The Hall–Kier alpha value is -1.89. The Morgan fingerprint density at radius 1 is 1.43 bits per heavy atom. The van der Waals surface area contributed by atoms with Gasteiger partial charge >= 0.3 is 0 Å². The van der Waals surface area contributed by atoms with E-state index < -0.39 is 0 Å². The third kappa shape index (κ3) is 4.04. The number of morpholine rings is 1. The second-order valence-corrected chi connectivity index (χ2v) is 5.41. The van der Waals surface area contributed by atoms with Crippen LogP contribution in [0.5, 0.6) is 0 Å². The summed E-state index contributed by atoms with van der Waals surface area (Å²) >= 11 is 0. The number of hydrogen-bond acceptors (Lipinski definition) is 6. The second kappa shape index (κ2) is 6.71. The Kier molecular flexibility index (Phi) is 4.95. The topological polar surface area (TPSA) is 80.5 Å². The lowest BCUT2D eigenvalue weighted by Crippen LogP contribution is -2.45. The van der Waals surface area contributed by atoms with Gasteiger partial charge in [0.2, 0.25) is 0 Å². The number of hydrogen-bond donors (Lipinski definition) is 1. The van der Waals surface area contributed by atoms with Crippen molar-refractivity contribution in [1.29, 1.82) is 0 Å². The van der Waals surface area contributed by atoms with Crippen LogP contribution in [0.4, 0.5) is 17.3 Å². The van der Waals surface area contributed by atoms with E-state index >= 15 is 0 Å². The molecule has 2 atom stereocenters. The summed E-state index contributed by atoms with van der Waals surface area (Å²) in [4.78, 5) is 17.3. The summed E-state index contributed by atoms with van der Waals surface area (Å²) in [7, 11) is 0. The molecular weight excluding hydrogens is 272 g/mol. The van der Waals surface area contributed by atoms with E-state index in [-0.39, 0.29) is 22.8 Å². The van der Waals surface area contributed by atoms with Crippen molar-refractivity contribution in [2.75, 3.05) is 29.9 Å². The maximum absolute atomic E-state index is 11.1. The van der Waals surface area contributed by atoms with Crippen LogP contribution < -0.4 is 10.2 Å². The first kappa shape index (κ1) is 15.5. The van der Waals surface area contributed by atoms with Gasteiger partial charge in [0.25, 0.3) is 5.69 Å². The first-order valence-electron chi connectivity index (χ1n) is 7.30. The van der Waals surface area contributed by atoms with E-state index in [1.54, 1.807) is 0 Å².